The van der Waals surface area contributed by atoms with Gasteiger partial charge in [0.2, 0.25) is 5.91 Å². The number of nitrogens with one attached hydrogen (secondary N) is 1. The first-order chi connectivity index (χ1) is 15.7. The van der Waals surface area contributed by atoms with Crippen LogP contribution in [0.1, 0.15) is 36.3 Å². The van der Waals surface area contributed by atoms with Crippen LogP contribution in [0.4, 0.5) is 5.69 Å². The summed E-state index contributed by atoms with van der Waals surface area (Å²) in [6, 6.07) is 16.6. The van der Waals surface area contributed by atoms with Gasteiger partial charge in [0.25, 0.3) is 0 Å². The molecular formula is C26H32N4O2. The molecule has 4 rings (SSSR count). The minimum Gasteiger partial charge on any atom is -0.489 e. The molecule has 1 N–H and O–H groups in total. The van der Waals surface area contributed by atoms with Crippen molar-refractivity contribution in [1.82, 2.24) is 10.2 Å². The highest BCUT2D eigenvalue weighted by molar-refractivity contribution is 5.98. The smallest absolute Gasteiger partial charge is 0.222 e. The lowest BCUT2D eigenvalue weighted by Crippen LogP contribution is -2.40. The van der Waals surface area contributed by atoms with E-state index in [9.17, 15) is 4.79 Å². The van der Waals surface area contributed by atoms with Crippen molar-refractivity contribution in [3.05, 3.63) is 72.3 Å². The third-order valence-electron chi connectivity index (χ3n) is 6.22. The molecule has 0 spiro atoms. The maximum atomic E-state index is 12.0. The highest BCUT2D eigenvalue weighted by atomic mass is 16.5. The van der Waals surface area contributed by atoms with Gasteiger partial charge in [-0.05, 0) is 30.5 Å². The number of amides is 1. The van der Waals surface area contributed by atoms with Crippen LogP contribution in [0.2, 0.25) is 0 Å². The van der Waals surface area contributed by atoms with E-state index < -0.39 is 0 Å². The average molecular weight is 433 g/mol. The lowest BCUT2D eigenvalue weighted by atomic mass is 9.98. The van der Waals surface area contributed by atoms with Crippen LogP contribution >= 0.6 is 0 Å². The summed E-state index contributed by atoms with van der Waals surface area (Å²) in [5.74, 6) is 2.37. The molecule has 168 valence electrons. The average Bonchev–Trinajstić information content (AvgIpc) is 3.40. The summed E-state index contributed by atoms with van der Waals surface area (Å²) in [6.07, 6.45) is 4.40. The van der Waals surface area contributed by atoms with Crippen LogP contribution in [0.5, 0.6) is 5.75 Å². The molecule has 1 amide bonds. The number of aliphatic imine (C=N–C) groups is 1. The fraction of sp³-hybridized carbons (Fsp3) is 0.385. The van der Waals surface area contributed by atoms with Gasteiger partial charge in [-0.3, -0.25) is 9.79 Å². The molecule has 1 atom stereocenters. The van der Waals surface area contributed by atoms with E-state index >= 15 is 0 Å². The second-order valence-corrected chi connectivity index (χ2v) is 8.25. The predicted octanol–water partition coefficient (Wildman–Crippen LogP) is 3.94. The van der Waals surface area contributed by atoms with Crippen LogP contribution in [0, 0.1) is 0 Å². The molecule has 6 nitrogen and oxygen atoms in total. The zero-order chi connectivity index (χ0) is 22.3. The molecule has 0 aromatic heterocycles. The van der Waals surface area contributed by atoms with Crippen molar-refractivity contribution in [2.45, 2.75) is 31.7 Å². The van der Waals surface area contributed by atoms with Crippen LogP contribution in [-0.4, -0.2) is 50.1 Å². The van der Waals surface area contributed by atoms with Crippen molar-refractivity contribution in [3.63, 3.8) is 0 Å². The summed E-state index contributed by atoms with van der Waals surface area (Å²) >= 11 is 0. The van der Waals surface area contributed by atoms with Gasteiger partial charge >= 0.3 is 0 Å². The quantitative estimate of drug-likeness (QED) is 0.390. The van der Waals surface area contributed by atoms with Crippen molar-refractivity contribution in [1.29, 1.82) is 0 Å². The number of ether oxygens (including phenoxy) is 1. The van der Waals surface area contributed by atoms with Gasteiger partial charge in [0.05, 0.1) is 0 Å². The number of guanidine groups is 1. The van der Waals surface area contributed by atoms with Gasteiger partial charge in [-0.15, -0.1) is 0 Å². The van der Waals surface area contributed by atoms with Crippen molar-refractivity contribution in [2.75, 3.05) is 38.2 Å². The summed E-state index contributed by atoms with van der Waals surface area (Å²) in [7, 11) is 1.82. The van der Waals surface area contributed by atoms with Crippen LogP contribution in [0.25, 0.3) is 0 Å². The second-order valence-electron chi connectivity index (χ2n) is 8.25. The van der Waals surface area contributed by atoms with Gasteiger partial charge in [0.15, 0.2) is 5.96 Å². The fourth-order valence-corrected chi connectivity index (χ4v) is 4.60. The van der Waals surface area contributed by atoms with Crippen molar-refractivity contribution >= 4 is 17.6 Å². The fourth-order valence-electron chi connectivity index (χ4n) is 4.60. The lowest BCUT2D eigenvalue weighted by molar-refractivity contribution is -0.127. The summed E-state index contributed by atoms with van der Waals surface area (Å²) in [4.78, 5) is 20.9. The Morgan fingerprint density at radius 3 is 2.84 bits per heavy atom. The van der Waals surface area contributed by atoms with E-state index in [-0.39, 0.29) is 0 Å². The third-order valence-corrected chi connectivity index (χ3v) is 6.22. The highest BCUT2D eigenvalue weighted by Crippen LogP contribution is 2.38. The Morgan fingerprint density at radius 2 is 2.06 bits per heavy atom. The Balaban J connectivity index is 1.45. The molecule has 0 saturated carbocycles. The van der Waals surface area contributed by atoms with Crippen LogP contribution < -0.4 is 15.0 Å². The number of rotatable bonds is 8. The molecule has 2 aromatic rings. The van der Waals surface area contributed by atoms with Gasteiger partial charge in [-0.1, -0.05) is 49.1 Å². The van der Waals surface area contributed by atoms with Gasteiger partial charge in [-0.2, -0.15) is 0 Å². The topological polar surface area (TPSA) is 57.2 Å². The molecule has 6 heteroatoms. The summed E-state index contributed by atoms with van der Waals surface area (Å²) < 4.78 is 5.80. The third kappa shape index (κ3) is 4.79. The number of fused-ring (bicyclic) bond motifs is 1. The predicted molar refractivity (Wildman–Crippen MR) is 129 cm³/mol. The van der Waals surface area contributed by atoms with Crippen LogP contribution in [0.15, 0.2) is 66.2 Å². The highest BCUT2D eigenvalue weighted by Gasteiger charge is 2.32. The number of carbonyl (C=O) groups excluding carboxylic acids is 1. The monoisotopic (exact) mass is 432 g/mol. The van der Waals surface area contributed by atoms with Crippen molar-refractivity contribution in [3.8, 4) is 5.75 Å². The molecule has 1 fully saturated rings. The Bertz CT molecular complexity index is 987. The molecule has 2 aliphatic rings. The first-order valence-corrected chi connectivity index (χ1v) is 11.4. The van der Waals surface area contributed by atoms with Gasteiger partial charge in [0, 0.05) is 56.8 Å². The first-order valence-electron chi connectivity index (χ1n) is 11.4. The molecule has 0 bridgehead atoms. The molecule has 0 radical (unpaired) electrons. The van der Waals surface area contributed by atoms with Crippen molar-refractivity contribution < 1.29 is 9.53 Å². The maximum Gasteiger partial charge on any atom is 0.222 e. The molecule has 2 aliphatic heterocycles. The molecule has 1 unspecified atom stereocenters. The van der Waals surface area contributed by atoms with E-state index in [0.717, 1.165) is 49.7 Å². The zero-order valence-electron chi connectivity index (χ0n) is 18.8. The maximum absolute atomic E-state index is 12.0. The Kier molecular flexibility index (Phi) is 7.10. The number of hydrogen-bond donors (Lipinski definition) is 1. The molecule has 0 aliphatic carbocycles. The van der Waals surface area contributed by atoms with E-state index in [1.54, 1.807) is 6.08 Å². The SMILES string of the molecule is C=CCOc1ccccc1CNC(=NC)N1CC(CCN2CCCC2=O)c2ccccc21. The van der Waals surface area contributed by atoms with E-state index in [4.69, 9.17) is 4.74 Å². The van der Waals surface area contributed by atoms with Gasteiger partial charge in [0.1, 0.15) is 12.4 Å². The van der Waals surface area contributed by atoms with E-state index in [2.05, 4.69) is 52.1 Å². The number of para-hydroxylation sites is 2. The van der Waals surface area contributed by atoms with E-state index in [1.807, 2.05) is 30.1 Å². The lowest BCUT2D eigenvalue weighted by Gasteiger charge is -2.24. The van der Waals surface area contributed by atoms with E-state index in [0.29, 0.717) is 31.4 Å². The summed E-state index contributed by atoms with van der Waals surface area (Å²) in [5, 5.41) is 3.52. The Hall–Kier alpha value is -3.28. The molecule has 2 aromatic carbocycles. The normalized spacial score (nSPS) is 18.1. The summed E-state index contributed by atoms with van der Waals surface area (Å²) in [6.45, 7) is 7.40. The first kappa shape index (κ1) is 21.9. The number of anilines is 1. The largest absolute Gasteiger partial charge is 0.489 e. The van der Waals surface area contributed by atoms with Crippen LogP contribution in [0.3, 0.4) is 0 Å². The molecule has 2 heterocycles. The minimum atomic E-state index is 0.294. The number of likely N-dealkylation sites (tertiary alicyclic amines) is 1. The minimum absolute atomic E-state index is 0.294. The standard InChI is InChI=1S/C26H32N4O2/c1-3-17-32-24-12-7-4-9-20(24)18-28-26(27-2)30-19-21(22-10-5-6-11-23(22)30)14-16-29-15-8-13-25(29)31/h3-7,9-12,21H,1,8,13-19H2,2H3,(H,27,28). The summed E-state index contributed by atoms with van der Waals surface area (Å²) in [5.41, 5.74) is 3.60. The van der Waals surface area contributed by atoms with Gasteiger partial charge < -0.3 is 19.9 Å². The number of nitrogens with zero attached hydrogens (tertiary/aromatic N) is 3. The molecule has 1 saturated heterocycles. The zero-order valence-corrected chi connectivity index (χ0v) is 18.8. The number of hydrogen-bond acceptors (Lipinski definition) is 3. The Labute approximate surface area is 190 Å². The number of carbonyl (C=O) groups is 1. The van der Waals surface area contributed by atoms with Crippen molar-refractivity contribution in [2.24, 2.45) is 4.99 Å². The Morgan fingerprint density at radius 1 is 1.25 bits per heavy atom. The van der Waals surface area contributed by atoms with Gasteiger partial charge in [-0.25, -0.2) is 0 Å². The van der Waals surface area contributed by atoms with Crippen LogP contribution in [-0.2, 0) is 11.3 Å². The second kappa shape index (κ2) is 10.4. The molecular weight excluding hydrogens is 400 g/mol. The number of benzene rings is 2. The molecule has 32 heavy (non-hydrogen) atoms. The van der Waals surface area contributed by atoms with E-state index in [1.165, 1.54) is 11.3 Å².